The Balaban J connectivity index is 1.77. The molecule has 3 atom stereocenters. The van der Waals surface area contributed by atoms with Gasteiger partial charge in [0.25, 0.3) is 0 Å². The standard InChI is InChI=1S/C17H14O4/c1-2-20-17(19)14-13-15(18)12-10-6-4-3-5-9(10)7-8-11(12)21-16(13)14/h3-8,13-14,16H,2H2,1H3/t13-,14+,16+/m0/s1. The van der Waals surface area contributed by atoms with Gasteiger partial charge in [-0.3, -0.25) is 9.59 Å². The first kappa shape index (κ1) is 12.4. The summed E-state index contributed by atoms with van der Waals surface area (Å²) in [6.07, 6.45) is -0.356. The van der Waals surface area contributed by atoms with E-state index in [-0.39, 0.29) is 23.8 Å². The predicted molar refractivity (Wildman–Crippen MR) is 76.3 cm³/mol. The first-order valence-electron chi connectivity index (χ1n) is 7.11. The number of carbonyl (C=O) groups excluding carboxylic acids is 2. The number of hydrogen-bond acceptors (Lipinski definition) is 4. The number of fused-ring (bicyclic) bond motifs is 4. The number of hydrogen-bond donors (Lipinski definition) is 0. The molecule has 0 saturated heterocycles. The van der Waals surface area contributed by atoms with Gasteiger partial charge in [-0.1, -0.05) is 30.3 Å². The Morgan fingerprint density at radius 2 is 2.05 bits per heavy atom. The van der Waals surface area contributed by atoms with E-state index < -0.39 is 5.92 Å². The molecule has 0 spiro atoms. The molecule has 0 unspecified atom stereocenters. The molecule has 2 aromatic carbocycles. The number of benzene rings is 2. The number of ether oxygens (including phenoxy) is 2. The van der Waals surface area contributed by atoms with Crippen LogP contribution < -0.4 is 4.74 Å². The van der Waals surface area contributed by atoms with Crippen LogP contribution in [0.1, 0.15) is 17.3 Å². The van der Waals surface area contributed by atoms with Crippen molar-refractivity contribution in [3.63, 3.8) is 0 Å². The van der Waals surface area contributed by atoms with Crippen LogP contribution >= 0.6 is 0 Å². The fourth-order valence-electron chi connectivity index (χ4n) is 3.18. The molecule has 4 nitrogen and oxygen atoms in total. The van der Waals surface area contributed by atoms with E-state index in [2.05, 4.69) is 0 Å². The van der Waals surface area contributed by atoms with Crippen molar-refractivity contribution in [1.82, 2.24) is 0 Å². The second-order valence-electron chi connectivity index (χ2n) is 5.41. The molecule has 1 aliphatic carbocycles. The van der Waals surface area contributed by atoms with E-state index in [1.807, 2.05) is 36.4 Å². The molecule has 2 aliphatic rings. The number of Topliss-reactive ketones (excluding diaryl/α,β-unsaturated/α-hetero) is 1. The highest BCUT2D eigenvalue weighted by atomic mass is 16.5. The van der Waals surface area contributed by atoms with Gasteiger partial charge in [-0.15, -0.1) is 0 Å². The lowest BCUT2D eigenvalue weighted by Crippen LogP contribution is -2.17. The summed E-state index contributed by atoms with van der Waals surface area (Å²) in [7, 11) is 0. The summed E-state index contributed by atoms with van der Waals surface area (Å²) in [4.78, 5) is 24.6. The summed E-state index contributed by atoms with van der Waals surface area (Å²) in [6.45, 7) is 2.08. The first-order chi connectivity index (χ1) is 10.2. The van der Waals surface area contributed by atoms with Crippen molar-refractivity contribution in [3.8, 4) is 5.75 Å². The zero-order valence-electron chi connectivity index (χ0n) is 11.5. The average molecular weight is 282 g/mol. The van der Waals surface area contributed by atoms with Gasteiger partial charge in [0.15, 0.2) is 5.78 Å². The van der Waals surface area contributed by atoms with Crippen molar-refractivity contribution in [3.05, 3.63) is 42.0 Å². The third-order valence-corrected chi connectivity index (χ3v) is 4.22. The fourth-order valence-corrected chi connectivity index (χ4v) is 3.18. The molecule has 0 bridgehead atoms. The summed E-state index contributed by atoms with van der Waals surface area (Å²) in [5, 5.41) is 1.88. The van der Waals surface area contributed by atoms with Gasteiger partial charge in [-0.05, 0) is 23.8 Å². The van der Waals surface area contributed by atoms with Crippen molar-refractivity contribution < 1.29 is 19.1 Å². The second kappa shape index (κ2) is 4.32. The smallest absolute Gasteiger partial charge is 0.313 e. The molecule has 21 heavy (non-hydrogen) atoms. The zero-order chi connectivity index (χ0) is 14.6. The van der Waals surface area contributed by atoms with Crippen LogP contribution in [0.4, 0.5) is 0 Å². The topological polar surface area (TPSA) is 52.6 Å². The molecule has 1 saturated carbocycles. The summed E-state index contributed by atoms with van der Waals surface area (Å²) >= 11 is 0. The van der Waals surface area contributed by atoms with E-state index in [1.54, 1.807) is 6.92 Å². The van der Waals surface area contributed by atoms with Crippen molar-refractivity contribution in [2.75, 3.05) is 6.61 Å². The Kier molecular flexibility index (Phi) is 2.55. The molecule has 2 aromatic rings. The number of esters is 1. The molecule has 106 valence electrons. The van der Waals surface area contributed by atoms with Gasteiger partial charge in [0, 0.05) is 0 Å². The lowest BCUT2D eigenvalue weighted by atomic mass is 9.96. The molecule has 0 radical (unpaired) electrons. The lowest BCUT2D eigenvalue weighted by Gasteiger charge is -2.17. The average Bonchev–Trinajstić information content (AvgIpc) is 3.22. The maximum absolute atomic E-state index is 12.7. The molecule has 1 heterocycles. The Morgan fingerprint density at radius 1 is 1.24 bits per heavy atom. The molecule has 1 fully saturated rings. The largest absolute Gasteiger partial charge is 0.488 e. The third kappa shape index (κ3) is 1.68. The summed E-state index contributed by atoms with van der Waals surface area (Å²) < 4.78 is 10.9. The molecular weight excluding hydrogens is 268 g/mol. The summed E-state index contributed by atoms with van der Waals surface area (Å²) in [5.41, 5.74) is 0.598. The van der Waals surface area contributed by atoms with Crippen LogP contribution in [0.2, 0.25) is 0 Å². The Hall–Kier alpha value is -2.36. The Morgan fingerprint density at radius 3 is 2.86 bits per heavy atom. The molecule has 1 aliphatic heterocycles. The summed E-state index contributed by atoms with van der Waals surface area (Å²) in [5.74, 6) is -0.605. The van der Waals surface area contributed by atoms with Crippen molar-refractivity contribution >= 4 is 22.5 Å². The molecular formula is C17H14O4. The van der Waals surface area contributed by atoms with Crippen LogP contribution in [0.5, 0.6) is 5.75 Å². The van der Waals surface area contributed by atoms with Crippen LogP contribution in [0.15, 0.2) is 36.4 Å². The highest BCUT2D eigenvalue weighted by molar-refractivity contribution is 6.15. The second-order valence-corrected chi connectivity index (χ2v) is 5.41. The number of ketones is 1. The van der Waals surface area contributed by atoms with Crippen LogP contribution in [0, 0.1) is 11.8 Å². The van der Waals surface area contributed by atoms with E-state index in [0.29, 0.717) is 17.9 Å². The van der Waals surface area contributed by atoms with Gasteiger partial charge in [0.05, 0.1) is 18.1 Å². The van der Waals surface area contributed by atoms with Gasteiger partial charge in [-0.25, -0.2) is 0 Å². The third-order valence-electron chi connectivity index (χ3n) is 4.22. The van der Waals surface area contributed by atoms with E-state index in [4.69, 9.17) is 9.47 Å². The normalized spacial score (nSPS) is 25.8. The van der Waals surface area contributed by atoms with E-state index in [1.165, 1.54) is 0 Å². The highest BCUT2D eigenvalue weighted by Gasteiger charge is 2.64. The van der Waals surface area contributed by atoms with E-state index in [9.17, 15) is 9.59 Å². The van der Waals surface area contributed by atoms with Crippen molar-refractivity contribution in [1.29, 1.82) is 0 Å². The zero-order valence-corrected chi connectivity index (χ0v) is 11.5. The van der Waals surface area contributed by atoms with Crippen LogP contribution in [-0.2, 0) is 9.53 Å². The van der Waals surface area contributed by atoms with Gasteiger partial charge in [0.1, 0.15) is 17.8 Å². The highest BCUT2D eigenvalue weighted by Crippen LogP contribution is 2.51. The van der Waals surface area contributed by atoms with E-state index in [0.717, 1.165) is 10.8 Å². The monoisotopic (exact) mass is 282 g/mol. The Labute approximate surface area is 121 Å². The first-order valence-corrected chi connectivity index (χ1v) is 7.11. The van der Waals surface area contributed by atoms with Gasteiger partial charge in [0.2, 0.25) is 0 Å². The minimum absolute atomic E-state index is 0.00361. The van der Waals surface area contributed by atoms with Gasteiger partial charge in [-0.2, -0.15) is 0 Å². The van der Waals surface area contributed by atoms with E-state index >= 15 is 0 Å². The van der Waals surface area contributed by atoms with Crippen molar-refractivity contribution in [2.45, 2.75) is 13.0 Å². The van der Waals surface area contributed by atoms with Crippen LogP contribution in [0.25, 0.3) is 10.8 Å². The maximum atomic E-state index is 12.7. The van der Waals surface area contributed by atoms with Gasteiger partial charge >= 0.3 is 5.97 Å². The molecule has 0 aromatic heterocycles. The Bertz CT molecular complexity index is 764. The lowest BCUT2D eigenvalue weighted by molar-refractivity contribution is -0.145. The molecule has 4 heteroatoms. The fraction of sp³-hybridized carbons (Fsp3) is 0.294. The molecule has 0 amide bonds. The number of carbonyl (C=O) groups is 2. The minimum Gasteiger partial charge on any atom is -0.488 e. The minimum atomic E-state index is -0.455. The van der Waals surface area contributed by atoms with Gasteiger partial charge < -0.3 is 9.47 Å². The van der Waals surface area contributed by atoms with Crippen LogP contribution in [-0.4, -0.2) is 24.5 Å². The quantitative estimate of drug-likeness (QED) is 0.794. The SMILES string of the molecule is CCOC(=O)[C@H]1[C@@H]2Oc3ccc4ccccc4c3C(=O)[C@@H]21. The summed E-state index contributed by atoms with van der Waals surface area (Å²) in [6, 6.07) is 11.5. The van der Waals surface area contributed by atoms with Crippen LogP contribution in [0.3, 0.4) is 0 Å². The number of rotatable bonds is 2. The maximum Gasteiger partial charge on any atom is 0.313 e. The predicted octanol–water partition coefficient (Wildman–Crippen LogP) is 2.59. The molecule has 4 rings (SSSR count). The van der Waals surface area contributed by atoms with Crippen molar-refractivity contribution in [2.24, 2.45) is 11.8 Å². The molecule has 0 N–H and O–H groups in total.